The molecule has 12 fully saturated rings. The zero-order valence-electron chi connectivity index (χ0n) is 63.5. The molecule has 0 saturated heterocycles. The maximum absolute atomic E-state index is 13.8. The topological polar surface area (TPSA) is 206 Å². The molecule has 0 aliphatic heterocycles. The van der Waals surface area contributed by atoms with Crippen LogP contribution in [0.4, 0.5) is 0 Å². The van der Waals surface area contributed by atoms with Crippen molar-refractivity contribution in [2.75, 3.05) is 41.2 Å². The zero-order chi connectivity index (χ0) is 70.7. The summed E-state index contributed by atoms with van der Waals surface area (Å²) in [5.74, 6) is 9.78. The van der Waals surface area contributed by atoms with E-state index < -0.39 is 16.8 Å². The van der Waals surface area contributed by atoms with Crippen LogP contribution in [0.2, 0.25) is 0 Å². The molecule has 4 aromatic rings. The quantitative estimate of drug-likeness (QED) is 0.101. The van der Waals surface area contributed by atoms with Crippen LogP contribution in [-0.4, -0.2) is 125 Å². The summed E-state index contributed by atoms with van der Waals surface area (Å²) < 4.78 is 20.0. The Balaban J connectivity index is 0.000000128. The molecule has 0 radical (unpaired) electrons. The maximum Gasteiger partial charge on any atom is 0.159 e. The number of carbonyl (C=O) groups excluding carboxylic acids is 3. The summed E-state index contributed by atoms with van der Waals surface area (Å²) in [5.41, 5.74) is 3.57. The van der Waals surface area contributed by atoms with Crippen LogP contribution < -0.4 is 0 Å². The van der Waals surface area contributed by atoms with Gasteiger partial charge in [0.2, 0.25) is 0 Å². The Morgan fingerprint density at radius 1 is 0.460 bits per heavy atom. The van der Waals surface area contributed by atoms with Crippen molar-refractivity contribution in [3.63, 3.8) is 0 Å². The van der Waals surface area contributed by atoms with Gasteiger partial charge in [-0.15, -0.1) is 0 Å². The van der Waals surface area contributed by atoms with E-state index in [0.29, 0.717) is 109 Å². The van der Waals surface area contributed by atoms with Crippen LogP contribution >= 0.6 is 0 Å². The highest BCUT2D eigenvalue weighted by Crippen LogP contribution is 2.72. The summed E-state index contributed by atoms with van der Waals surface area (Å²) in [6, 6.07) is 6.36. The first kappa shape index (κ1) is 72.7. The molecule has 1 aromatic carbocycles. The molecule has 3 N–H and O–H groups in total. The van der Waals surface area contributed by atoms with Crippen molar-refractivity contribution in [1.29, 1.82) is 0 Å². The summed E-state index contributed by atoms with van der Waals surface area (Å²) >= 11 is 0. The van der Waals surface area contributed by atoms with Crippen molar-refractivity contribution in [3.8, 4) is 0 Å². The van der Waals surface area contributed by atoms with E-state index in [4.69, 9.17) is 14.2 Å². The lowest BCUT2D eigenvalue weighted by Gasteiger charge is -2.62. The van der Waals surface area contributed by atoms with Gasteiger partial charge in [0.25, 0.3) is 0 Å². The number of imidazole rings is 1. The monoisotopic (exact) mass is 1380 g/mol. The van der Waals surface area contributed by atoms with Gasteiger partial charge in [0.05, 0.1) is 78.8 Å². The van der Waals surface area contributed by atoms with E-state index in [-0.39, 0.29) is 34.0 Å². The third-order valence-electron chi connectivity index (χ3n) is 33.0. The Morgan fingerprint density at radius 3 is 1.26 bits per heavy atom. The molecule has 0 bridgehead atoms. The summed E-state index contributed by atoms with van der Waals surface area (Å²) in [6.45, 7) is 23.4. The van der Waals surface area contributed by atoms with E-state index in [2.05, 4.69) is 86.9 Å². The van der Waals surface area contributed by atoms with Crippen LogP contribution in [0.5, 0.6) is 0 Å². The van der Waals surface area contributed by atoms with Crippen molar-refractivity contribution in [3.05, 3.63) is 60.1 Å². The summed E-state index contributed by atoms with van der Waals surface area (Å²) in [7, 11) is 5.11. The van der Waals surface area contributed by atoms with Crippen molar-refractivity contribution in [2.24, 2.45) is 121 Å². The SMILES string of the molecule is COC[C@@]1(O)CC[C@@]2(C)[C@@H](CC[C@@H]3[C@@H]2CC[C@]2(C)[C@@H](C(=O)Cn4cnc(C)c4)CC[C@@H]32)C1.COC[C@@]1(O)CC[C@@]2(C)[C@@H](CC[C@@H]3[C@@H]2CC[C@]2(C)[C@@H](C(=O)Cn4ncc(C)n4)CC[C@@H]32)C1.COC[C@@]1(O)CC[C@@]2(C)[C@@H](CC[C@@H]3[C@@H]2CC[C@]2(C)[C@@H](C(=O)Cn4ncc5ccc(C)cc54)CC[C@@H]32)C1. The highest BCUT2D eigenvalue weighted by molar-refractivity contribution is 5.86. The number of fused-ring (bicyclic) bond motifs is 16. The fraction of sp³-hybridized carbons (Fsp3) is 0.821. The van der Waals surface area contributed by atoms with Crippen molar-refractivity contribution in [2.45, 2.75) is 272 Å². The van der Waals surface area contributed by atoms with E-state index in [1.54, 1.807) is 38.7 Å². The van der Waals surface area contributed by atoms with Gasteiger partial charge in [-0.05, 0) is 309 Å². The second-order valence-electron chi connectivity index (χ2n) is 38.0. The lowest BCUT2D eigenvalue weighted by molar-refractivity contribution is -0.164. The standard InChI is InChI=1S/C31H44N2O3.C27H42N2O3.C26H41N3O3/c1-20-5-6-21-17-32-33(27(21)15-20)18-28(34)26-10-9-24-23-8-7-22-16-31(35,19-36-4)14-13-29(22,2)25(23)11-12-30(24,26)3;1-18-14-29(17-28-18)15-24(30)23-8-7-21-20-6-5-19-13-27(31,16-32-4)12-11-25(19,2)22(20)9-10-26(21,23)3;1-17-14-27-29(28-17)15-23(30)22-8-7-20-19-6-5-18-13-26(31,16-32-4)12-11-24(18,2)21(19)9-10-25(20,22)3/h5-6,15,17,22-26,35H,7-14,16,18-19H2,1-4H3;14,17,19-23,31H,5-13,15-16H2,1-4H3;14,18-22,31H,5-13,15-16H2,1-4H3/t22-,23-,24-,25-,26+,29-,30-,31+;19-,20-,21-,22-,23+,25-,26-,27+;18-,19-,20-,21-,22+,24-,25-,26+/m000/s1. The molecule has 12 aliphatic carbocycles. The van der Waals surface area contributed by atoms with Gasteiger partial charge in [0.15, 0.2) is 17.3 Å². The Hall–Kier alpha value is -4.19. The van der Waals surface area contributed by atoms with Crippen LogP contribution in [0, 0.1) is 142 Å². The number of ketones is 3. The summed E-state index contributed by atoms with van der Waals surface area (Å²) in [5, 5.41) is 47.5. The third kappa shape index (κ3) is 12.7. The Bertz CT molecular complexity index is 3480. The Morgan fingerprint density at radius 2 is 0.870 bits per heavy atom. The molecule has 16 nitrogen and oxygen atoms in total. The van der Waals surface area contributed by atoms with Crippen molar-refractivity contribution >= 4 is 28.3 Å². The number of rotatable bonds is 15. The van der Waals surface area contributed by atoms with E-state index in [0.717, 1.165) is 141 Å². The number of carbonyl (C=O) groups is 3. The smallest absolute Gasteiger partial charge is 0.159 e. The van der Waals surface area contributed by atoms with Gasteiger partial charge in [-0.2, -0.15) is 20.1 Å². The van der Waals surface area contributed by atoms with Gasteiger partial charge >= 0.3 is 0 Å². The maximum atomic E-state index is 13.8. The van der Waals surface area contributed by atoms with E-state index in [1.165, 1.54) is 95.5 Å². The van der Waals surface area contributed by atoms with E-state index in [9.17, 15) is 29.7 Å². The van der Waals surface area contributed by atoms with Crippen molar-refractivity contribution < 1.29 is 43.9 Å². The molecule has 16 heteroatoms. The normalized spacial score (nSPS) is 44.4. The first-order chi connectivity index (χ1) is 47.5. The molecule has 12 aliphatic rings. The number of hydrogen-bond donors (Lipinski definition) is 3. The predicted molar refractivity (Wildman–Crippen MR) is 387 cm³/mol. The average Bonchev–Trinajstić information content (AvgIpc) is 1.30. The number of hydrogen-bond acceptors (Lipinski definition) is 13. The minimum Gasteiger partial charge on any atom is -0.387 e. The Kier molecular flexibility index (Phi) is 19.9. The van der Waals surface area contributed by atoms with E-state index in [1.807, 2.05) is 35.5 Å². The number of aryl methyl sites for hydroxylation is 3. The fourth-order valence-electron chi connectivity index (χ4n) is 27.9. The number of aliphatic hydroxyl groups is 3. The summed E-state index contributed by atoms with van der Waals surface area (Å²) in [6.07, 6.45) is 37.4. The second kappa shape index (κ2) is 27.3. The highest BCUT2D eigenvalue weighted by atomic mass is 16.5. The number of Topliss-reactive ketones (excluding diaryl/α,β-unsaturated/α-hetero) is 3. The zero-order valence-corrected chi connectivity index (χ0v) is 63.5. The molecule has 12 saturated carbocycles. The number of benzene rings is 1. The van der Waals surface area contributed by atoms with Crippen LogP contribution in [-0.2, 0) is 48.2 Å². The first-order valence-corrected chi connectivity index (χ1v) is 40.0. The second-order valence-corrected chi connectivity index (χ2v) is 38.0. The van der Waals surface area contributed by atoms with Crippen LogP contribution in [0.15, 0.2) is 43.1 Å². The van der Waals surface area contributed by atoms with Gasteiger partial charge < -0.3 is 34.1 Å². The molecule has 0 unspecified atom stereocenters. The van der Waals surface area contributed by atoms with Gasteiger partial charge in [0, 0.05) is 50.7 Å². The third-order valence-corrected chi connectivity index (χ3v) is 33.0. The highest BCUT2D eigenvalue weighted by Gasteiger charge is 2.66. The Labute approximate surface area is 598 Å². The minimum absolute atomic E-state index is 0.117. The lowest BCUT2D eigenvalue weighted by atomic mass is 9.44. The van der Waals surface area contributed by atoms with Crippen LogP contribution in [0.25, 0.3) is 10.9 Å². The lowest BCUT2D eigenvalue weighted by Crippen LogP contribution is -2.57. The minimum atomic E-state index is -0.644. The first-order valence-electron chi connectivity index (χ1n) is 40.0. The molecular weight excluding hydrogens is 1250 g/mol. The number of aromatic nitrogens is 7. The summed E-state index contributed by atoms with van der Waals surface area (Å²) in [4.78, 5) is 46.4. The van der Waals surface area contributed by atoms with Crippen LogP contribution in [0.1, 0.15) is 232 Å². The molecule has 24 atom stereocenters. The number of ether oxygens (including phenoxy) is 3. The predicted octanol–water partition coefficient (Wildman–Crippen LogP) is 14.9. The van der Waals surface area contributed by atoms with Gasteiger partial charge in [-0.25, -0.2) is 4.98 Å². The molecule has 3 aromatic heterocycles. The number of nitrogens with zero attached hydrogens (tertiary/aromatic N) is 7. The van der Waals surface area contributed by atoms with Gasteiger partial charge in [-0.1, -0.05) is 53.7 Å². The molecular formula is C84H127N7O9. The molecule has 0 spiro atoms. The van der Waals surface area contributed by atoms with Gasteiger partial charge in [-0.3, -0.25) is 19.1 Å². The van der Waals surface area contributed by atoms with E-state index >= 15 is 0 Å². The van der Waals surface area contributed by atoms with Gasteiger partial charge in [0.1, 0.15) is 13.1 Å². The largest absolute Gasteiger partial charge is 0.387 e. The molecule has 552 valence electrons. The molecule has 16 rings (SSSR count). The molecule has 100 heavy (non-hydrogen) atoms. The molecule has 3 heterocycles. The van der Waals surface area contributed by atoms with Crippen molar-refractivity contribution in [1.82, 2.24) is 34.3 Å². The number of methoxy groups -OCH3 is 3. The fourth-order valence-corrected chi connectivity index (χ4v) is 27.9. The van der Waals surface area contributed by atoms with Crippen LogP contribution in [0.3, 0.4) is 0 Å². The molecule has 0 amide bonds. The average molecular weight is 1380 g/mol.